The summed E-state index contributed by atoms with van der Waals surface area (Å²) in [5.41, 5.74) is -1.43. The predicted octanol–water partition coefficient (Wildman–Crippen LogP) is 6.57. The first-order valence-electron chi connectivity index (χ1n) is 9.63. The van der Waals surface area contributed by atoms with E-state index < -0.39 is 23.5 Å². The van der Waals surface area contributed by atoms with Crippen molar-refractivity contribution < 1.29 is 31.1 Å². The molecular formula is C23H20F6N2O. The van der Waals surface area contributed by atoms with Gasteiger partial charge in [0.05, 0.1) is 18.2 Å². The topological polar surface area (TPSA) is 34.1 Å². The number of hydrogen-bond donors (Lipinski definition) is 1. The highest BCUT2D eigenvalue weighted by molar-refractivity contribution is 5.51. The van der Waals surface area contributed by atoms with Crippen LogP contribution in [0.5, 0.6) is 5.75 Å². The lowest BCUT2D eigenvalue weighted by atomic mass is 9.93. The molecule has 0 saturated carbocycles. The van der Waals surface area contributed by atoms with Crippen LogP contribution in [0.25, 0.3) is 0 Å². The predicted molar refractivity (Wildman–Crippen MR) is 109 cm³/mol. The van der Waals surface area contributed by atoms with Crippen LogP contribution in [-0.2, 0) is 18.8 Å². The Labute approximate surface area is 181 Å². The van der Waals surface area contributed by atoms with Crippen LogP contribution in [-0.4, -0.2) is 18.6 Å². The minimum Gasteiger partial charge on any atom is -0.497 e. The van der Waals surface area contributed by atoms with Gasteiger partial charge in [0.15, 0.2) is 0 Å². The summed E-state index contributed by atoms with van der Waals surface area (Å²) in [7, 11) is 1.52. The van der Waals surface area contributed by atoms with E-state index in [2.05, 4.69) is 10.3 Å². The van der Waals surface area contributed by atoms with Crippen molar-refractivity contribution in [1.82, 2.24) is 4.98 Å². The maximum absolute atomic E-state index is 13.1. The monoisotopic (exact) mass is 454 g/mol. The number of nitrogens with zero attached hydrogens (tertiary/aromatic N) is 1. The number of nitrogens with one attached hydrogen (secondary N) is 1. The molecule has 9 heteroatoms. The highest BCUT2D eigenvalue weighted by atomic mass is 19.4. The van der Waals surface area contributed by atoms with Crippen molar-refractivity contribution in [2.45, 2.75) is 24.7 Å². The lowest BCUT2D eigenvalue weighted by Gasteiger charge is -2.20. The van der Waals surface area contributed by atoms with Crippen LogP contribution in [0.4, 0.5) is 32.0 Å². The molecule has 3 rings (SSSR count). The van der Waals surface area contributed by atoms with Gasteiger partial charge in [-0.2, -0.15) is 26.3 Å². The first-order valence-corrected chi connectivity index (χ1v) is 9.63. The average Bonchev–Trinajstić information content (AvgIpc) is 2.76. The largest absolute Gasteiger partial charge is 0.497 e. The van der Waals surface area contributed by atoms with Crippen molar-refractivity contribution in [3.05, 3.63) is 89.2 Å². The second kappa shape index (κ2) is 9.50. The number of alkyl halides is 6. The van der Waals surface area contributed by atoms with Gasteiger partial charge >= 0.3 is 12.4 Å². The summed E-state index contributed by atoms with van der Waals surface area (Å²) in [4.78, 5) is 4.30. The maximum atomic E-state index is 13.1. The zero-order valence-corrected chi connectivity index (χ0v) is 17.0. The van der Waals surface area contributed by atoms with Gasteiger partial charge in [-0.15, -0.1) is 0 Å². The number of halogens is 6. The molecule has 3 aromatic rings. The van der Waals surface area contributed by atoms with Crippen molar-refractivity contribution in [2.24, 2.45) is 0 Å². The van der Waals surface area contributed by atoms with Crippen LogP contribution >= 0.6 is 0 Å². The Kier molecular flexibility index (Phi) is 6.96. The Bertz CT molecular complexity index is 1000. The average molecular weight is 454 g/mol. The van der Waals surface area contributed by atoms with Crippen LogP contribution in [0.15, 0.2) is 66.9 Å². The Hall–Kier alpha value is -3.23. The number of hydrogen-bond acceptors (Lipinski definition) is 3. The van der Waals surface area contributed by atoms with Gasteiger partial charge < -0.3 is 10.1 Å². The molecule has 1 heterocycles. The summed E-state index contributed by atoms with van der Waals surface area (Å²) in [6.07, 6.45) is -7.83. The molecule has 3 nitrogen and oxygen atoms in total. The van der Waals surface area contributed by atoms with Crippen molar-refractivity contribution in [1.29, 1.82) is 0 Å². The second-order valence-corrected chi connectivity index (χ2v) is 7.17. The van der Waals surface area contributed by atoms with Crippen LogP contribution in [0.2, 0.25) is 0 Å². The van der Waals surface area contributed by atoms with Gasteiger partial charge in [-0.3, -0.25) is 4.98 Å². The molecule has 1 N–H and O–H groups in total. The zero-order chi connectivity index (χ0) is 23.4. The summed E-state index contributed by atoms with van der Waals surface area (Å²) in [6, 6.07) is 14.0. The van der Waals surface area contributed by atoms with Crippen molar-refractivity contribution >= 4 is 5.69 Å². The number of rotatable bonds is 7. The summed E-state index contributed by atoms with van der Waals surface area (Å²) in [5.74, 6) is 0.335. The number of methoxy groups -OCH3 is 1. The first kappa shape index (κ1) is 23.4. The van der Waals surface area contributed by atoms with E-state index in [1.807, 2.05) is 30.3 Å². The fourth-order valence-electron chi connectivity index (χ4n) is 3.28. The molecule has 0 aliphatic heterocycles. The number of pyridine rings is 1. The Morgan fingerprint density at radius 2 is 1.50 bits per heavy atom. The molecule has 32 heavy (non-hydrogen) atoms. The third-order valence-electron chi connectivity index (χ3n) is 4.89. The highest BCUT2D eigenvalue weighted by Gasteiger charge is 2.37. The molecule has 0 radical (unpaired) electrons. The molecule has 0 bridgehead atoms. The van der Waals surface area contributed by atoms with Crippen molar-refractivity contribution in [2.75, 3.05) is 19.0 Å². The molecule has 1 atom stereocenters. The van der Waals surface area contributed by atoms with Crippen LogP contribution in [0, 0.1) is 0 Å². The quantitative estimate of drug-likeness (QED) is 0.410. The Morgan fingerprint density at radius 1 is 0.875 bits per heavy atom. The molecule has 0 spiro atoms. The highest BCUT2D eigenvalue weighted by Crippen LogP contribution is 2.37. The van der Waals surface area contributed by atoms with E-state index >= 15 is 0 Å². The second-order valence-electron chi connectivity index (χ2n) is 7.17. The number of aromatic nitrogens is 1. The van der Waals surface area contributed by atoms with Crippen molar-refractivity contribution in [3.63, 3.8) is 0 Å². The minimum atomic E-state index is -4.90. The van der Waals surface area contributed by atoms with Crippen LogP contribution in [0.3, 0.4) is 0 Å². The number of anilines is 1. The molecule has 0 fully saturated rings. The molecule has 2 aromatic carbocycles. The van der Waals surface area contributed by atoms with E-state index in [-0.39, 0.29) is 24.2 Å². The van der Waals surface area contributed by atoms with E-state index in [0.29, 0.717) is 30.0 Å². The van der Waals surface area contributed by atoms with Crippen molar-refractivity contribution in [3.8, 4) is 5.75 Å². The number of benzene rings is 2. The zero-order valence-electron chi connectivity index (χ0n) is 17.0. The summed E-state index contributed by atoms with van der Waals surface area (Å²) < 4.78 is 84.1. The molecule has 0 aliphatic rings. The molecule has 0 saturated heterocycles. The molecular weight excluding hydrogens is 434 g/mol. The smallest absolute Gasteiger partial charge is 0.416 e. The van der Waals surface area contributed by atoms with Crippen LogP contribution in [0.1, 0.15) is 28.3 Å². The SMILES string of the molecule is COc1ccnc(C[C@H](CNc2cc(C(F)(F)F)cc(C(F)(F)F)c2)c2ccccc2)c1. The fourth-order valence-corrected chi connectivity index (χ4v) is 3.28. The first-order chi connectivity index (χ1) is 15.1. The normalized spacial score (nSPS) is 13.0. The minimum absolute atomic E-state index is 0.0987. The van der Waals surface area contributed by atoms with Gasteiger partial charge in [0.1, 0.15) is 5.75 Å². The van der Waals surface area contributed by atoms with E-state index in [1.165, 1.54) is 7.11 Å². The lowest BCUT2D eigenvalue weighted by molar-refractivity contribution is -0.143. The van der Waals surface area contributed by atoms with E-state index in [0.717, 1.165) is 5.56 Å². The summed E-state index contributed by atoms with van der Waals surface area (Å²) in [5, 5.41) is 2.76. The third-order valence-corrected chi connectivity index (χ3v) is 4.89. The standard InChI is InChI=1S/C23H20F6N2O/c1-32-21-7-8-30-19(13-21)9-16(15-5-3-2-4-6-15)14-31-20-11-17(22(24,25)26)10-18(12-20)23(27,28)29/h2-8,10-13,16,31H,9,14H2,1H3/t16-/m1/s1. The van der Waals surface area contributed by atoms with Crippen LogP contribution < -0.4 is 10.1 Å². The van der Waals surface area contributed by atoms with Gasteiger partial charge in [0, 0.05) is 36.1 Å². The molecule has 170 valence electrons. The van der Waals surface area contributed by atoms with Gasteiger partial charge in [-0.1, -0.05) is 30.3 Å². The Morgan fingerprint density at radius 3 is 2.06 bits per heavy atom. The van der Waals surface area contributed by atoms with Gasteiger partial charge in [-0.25, -0.2) is 0 Å². The number of ether oxygens (including phenoxy) is 1. The molecule has 1 aromatic heterocycles. The Balaban J connectivity index is 1.89. The van der Waals surface area contributed by atoms with Gasteiger partial charge in [0.25, 0.3) is 0 Å². The molecule has 0 amide bonds. The third kappa shape index (κ3) is 6.15. The lowest BCUT2D eigenvalue weighted by Crippen LogP contribution is -2.17. The van der Waals surface area contributed by atoms with E-state index in [4.69, 9.17) is 4.74 Å². The summed E-state index contributed by atoms with van der Waals surface area (Å²) in [6.45, 7) is 0.0987. The van der Waals surface area contributed by atoms with Gasteiger partial charge in [0.2, 0.25) is 0 Å². The van der Waals surface area contributed by atoms with E-state index in [1.54, 1.807) is 18.3 Å². The van der Waals surface area contributed by atoms with Gasteiger partial charge in [-0.05, 0) is 36.2 Å². The summed E-state index contributed by atoms with van der Waals surface area (Å²) >= 11 is 0. The van der Waals surface area contributed by atoms with E-state index in [9.17, 15) is 26.3 Å². The molecule has 0 unspecified atom stereocenters. The molecule has 0 aliphatic carbocycles. The fraction of sp³-hybridized carbons (Fsp3) is 0.261. The maximum Gasteiger partial charge on any atom is 0.416 e.